The number of methoxy groups -OCH3 is 1. The van der Waals surface area contributed by atoms with Crippen LogP contribution in [-0.2, 0) is 14.6 Å². The molecule has 2 aromatic heterocycles. The van der Waals surface area contributed by atoms with Crippen molar-refractivity contribution in [2.75, 3.05) is 69.5 Å². The van der Waals surface area contributed by atoms with Gasteiger partial charge in [0, 0.05) is 35.5 Å². The van der Waals surface area contributed by atoms with E-state index in [2.05, 4.69) is 20.8 Å². The Morgan fingerprint density at radius 1 is 1.11 bits per heavy atom. The maximum absolute atomic E-state index is 17.3. The van der Waals surface area contributed by atoms with Crippen molar-refractivity contribution in [1.29, 1.82) is 0 Å². The van der Waals surface area contributed by atoms with Crippen LogP contribution in [-0.4, -0.2) is 115 Å². The minimum absolute atomic E-state index is 0.0399. The second-order valence-electron chi connectivity index (χ2n) is 15.6. The van der Waals surface area contributed by atoms with Gasteiger partial charge >= 0.3 is 6.01 Å². The number of benzene rings is 2. The summed E-state index contributed by atoms with van der Waals surface area (Å²) in [6.45, 7) is 4.26. The van der Waals surface area contributed by atoms with Crippen LogP contribution in [0, 0.1) is 35.3 Å². The average molecular weight is 764 g/mol. The zero-order valence-corrected chi connectivity index (χ0v) is 31.1. The molecule has 2 N–H and O–H groups in total. The molecule has 8 rings (SSSR count). The summed E-state index contributed by atoms with van der Waals surface area (Å²) in [5, 5.41) is 22.5. The predicted molar refractivity (Wildman–Crippen MR) is 199 cm³/mol. The van der Waals surface area contributed by atoms with Gasteiger partial charge in [0.05, 0.1) is 50.5 Å². The molecular weight excluding hydrogens is 721 g/mol. The SMILES string of the molecule is C#Cc1c(F)ccc2cc(O)cc(-c3nc(OC)c4c(N5CCOC[C@@](C)(O)C5)nc(OC[C@]56CCC[C@H]5N(CC5CS(=O)(=O)C5)CCC6)nc4c3F)c12. The van der Waals surface area contributed by atoms with Crippen LogP contribution >= 0.6 is 0 Å². The molecule has 0 bridgehead atoms. The number of piperidine rings is 1. The van der Waals surface area contributed by atoms with Crippen LogP contribution in [0.15, 0.2) is 24.3 Å². The number of terminal acetylenes is 1. The van der Waals surface area contributed by atoms with Crippen molar-refractivity contribution in [1.82, 2.24) is 19.9 Å². The van der Waals surface area contributed by atoms with E-state index >= 15 is 8.78 Å². The highest BCUT2D eigenvalue weighted by molar-refractivity contribution is 7.92. The van der Waals surface area contributed by atoms with Crippen LogP contribution in [0.5, 0.6) is 17.6 Å². The first-order valence-electron chi connectivity index (χ1n) is 18.3. The predicted octanol–water partition coefficient (Wildman–Crippen LogP) is 4.46. The Bertz CT molecular complexity index is 2290. The van der Waals surface area contributed by atoms with Crippen molar-refractivity contribution >= 4 is 37.3 Å². The largest absolute Gasteiger partial charge is 0.508 e. The normalized spacial score (nSPS) is 25.9. The number of fused-ring (bicyclic) bond motifs is 3. The lowest BCUT2D eigenvalue weighted by molar-refractivity contribution is -0.0123. The smallest absolute Gasteiger partial charge is 0.319 e. The number of rotatable bonds is 8. The molecule has 12 nitrogen and oxygen atoms in total. The molecule has 1 aliphatic carbocycles. The first-order chi connectivity index (χ1) is 25.8. The third-order valence-electron chi connectivity index (χ3n) is 11.5. The van der Waals surface area contributed by atoms with Crippen LogP contribution in [0.4, 0.5) is 14.6 Å². The second kappa shape index (κ2) is 13.7. The zero-order chi connectivity index (χ0) is 38.0. The van der Waals surface area contributed by atoms with Gasteiger partial charge in [0.1, 0.15) is 39.6 Å². The molecule has 286 valence electrons. The van der Waals surface area contributed by atoms with Gasteiger partial charge in [-0.15, -0.1) is 6.42 Å². The summed E-state index contributed by atoms with van der Waals surface area (Å²) in [5.41, 5.74) is -2.04. The van der Waals surface area contributed by atoms with Crippen molar-refractivity contribution in [3.05, 3.63) is 41.5 Å². The monoisotopic (exact) mass is 763 g/mol. The Balaban J connectivity index is 1.24. The summed E-state index contributed by atoms with van der Waals surface area (Å²) >= 11 is 0. The molecule has 0 radical (unpaired) electrons. The molecule has 2 aromatic carbocycles. The molecule has 5 heterocycles. The molecule has 54 heavy (non-hydrogen) atoms. The van der Waals surface area contributed by atoms with Gasteiger partial charge in [0.25, 0.3) is 0 Å². The minimum atomic E-state index is -2.93. The van der Waals surface area contributed by atoms with Crippen molar-refractivity contribution in [2.45, 2.75) is 50.7 Å². The van der Waals surface area contributed by atoms with Crippen LogP contribution in [0.25, 0.3) is 32.9 Å². The fourth-order valence-corrected chi connectivity index (χ4v) is 10.8. The van der Waals surface area contributed by atoms with Crippen molar-refractivity contribution in [3.8, 4) is 41.2 Å². The fourth-order valence-electron chi connectivity index (χ4n) is 9.20. The number of phenols is 1. The quantitative estimate of drug-likeness (QED) is 0.244. The lowest BCUT2D eigenvalue weighted by Gasteiger charge is -2.47. The summed E-state index contributed by atoms with van der Waals surface area (Å²) in [4.78, 5) is 18.2. The van der Waals surface area contributed by atoms with Crippen molar-refractivity contribution < 1.29 is 41.6 Å². The van der Waals surface area contributed by atoms with E-state index in [0.717, 1.165) is 45.2 Å². The minimum Gasteiger partial charge on any atom is -0.508 e. The van der Waals surface area contributed by atoms with Gasteiger partial charge < -0.3 is 29.3 Å². The molecule has 4 aromatic rings. The van der Waals surface area contributed by atoms with Gasteiger partial charge in [0.2, 0.25) is 5.88 Å². The summed E-state index contributed by atoms with van der Waals surface area (Å²) < 4.78 is 74.1. The third-order valence-corrected chi connectivity index (χ3v) is 13.4. The lowest BCUT2D eigenvalue weighted by atomic mass is 9.75. The molecule has 0 spiro atoms. The van der Waals surface area contributed by atoms with Gasteiger partial charge in [-0.1, -0.05) is 18.4 Å². The number of sulfone groups is 1. The van der Waals surface area contributed by atoms with E-state index in [-0.39, 0.29) is 112 Å². The number of aromatic hydroxyl groups is 1. The van der Waals surface area contributed by atoms with E-state index in [1.807, 2.05) is 0 Å². The van der Waals surface area contributed by atoms with Crippen LogP contribution in [0.3, 0.4) is 0 Å². The number of halogens is 2. The van der Waals surface area contributed by atoms with Crippen LogP contribution < -0.4 is 14.4 Å². The molecule has 4 aliphatic rings. The molecule has 3 aliphatic heterocycles. The van der Waals surface area contributed by atoms with Gasteiger partial charge in [-0.3, -0.25) is 4.90 Å². The molecule has 0 amide bonds. The molecule has 4 fully saturated rings. The van der Waals surface area contributed by atoms with Gasteiger partial charge in [-0.2, -0.15) is 9.97 Å². The number of ether oxygens (including phenoxy) is 3. The number of likely N-dealkylation sites (tertiary alicyclic amines) is 1. The number of hydrogen-bond donors (Lipinski definition) is 2. The first kappa shape index (κ1) is 36.6. The van der Waals surface area contributed by atoms with Crippen molar-refractivity contribution in [2.24, 2.45) is 11.3 Å². The molecule has 3 saturated heterocycles. The van der Waals surface area contributed by atoms with Crippen LogP contribution in [0.2, 0.25) is 0 Å². The Morgan fingerprint density at radius 2 is 1.91 bits per heavy atom. The van der Waals surface area contributed by atoms with E-state index in [1.165, 1.54) is 31.4 Å². The second-order valence-corrected chi connectivity index (χ2v) is 17.7. The number of anilines is 1. The number of hydrogen-bond acceptors (Lipinski definition) is 12. The number of aliphatic hydroxyl groups is 1. The topological polar surface area (TPSA) is 147 Å². The maximum Gasteiger partial charge on any atom is 0.319 e. The van der Waals surface area contributed by atoms with E-state index < -0.39 is 27.1 Å². The third kappa shape index (κ3) is 6.56. The average Bonchev–Trinajstić information content (AvgIpc) is 3.47. The molecule has 0 unspecified atom stereocenters. The number of nitrogens with zero attached hydrogens (tertiary/aromatic N) is 5. The standard InChI is InChI=1S/C39H43F2N5O7S/c1-4-26-28(40)9-8-24-15-25(47)16-27(30(24)26)33-32(41)34-31(36(42-33)51-3)35(46-13-14-52-21-38(2,48)20-46)44-37(43-34)53-22-39-10-5-7-29(39)45(12-6-11-39)17-23-18-54(49,50)19-23/h1,8-9,15-16,23,29,47-48H,5-7,10-14,17-22H2,2-3H3/t29-,38+,39-/m1/s1. The summed E-state index contributed by atoms with van der Waals surface area (Å²) in [6.07, 6.45) is 10.5. The Kier molecular flexibility index (Phi) is 9.31. The number of β-amino-alcohol motifs (C(OH)–C–C–N with tert-alkyl or cyclic N) is 1. The molecule has 15 heteroatoms. The highest BCUT2D eigenvalue weighted by Crippen LogP contribution is 2.49. The van der Waals surface area contributed by atoms with E-state index in [1.54, 1.807) is 11.8 Å². The number of pyridine rings is 1. The number of aromatic nitrogens is 3. The van der Waals surface area contributed by atoms with Gasteiger partial charge in [0.15, 0.2) is 15.7 Å². The number of phenolic OH excluding ortho intramolecular Hbond substituents is 1. The van der Waals surface area contributed by atoms with E-state index in [9.17, 15) is 18.6 Å². The molecule has 1 saturated carbocycles. The van der Waals surface area contributed by atoms with Crippen molar-refractivity contribution in [3.63, 3.8) is 0 Å². The lowest BCUT2D eigenvalue weighted by Crippen LogP contribution is -2.55. The zero-order valence-electron chi connectivity index (χ0n) is 30.3. The van der Waals surface area contributed by atoms with Gasteiger partial charge in [-0.05, 0) is 68.7 Å². The first-order valence-corrected chi connectivity index (χ1v) is 20.1. The maximum atomic E-state index is 17.3. The fraction of sp³-hybridized carbons (Fsp3) is 0.513. The summed E-state index contributed by atoms with van der Waals surface area (Å²) in [5.74, 6) is 1.33. The Morgan fingerprint density at radius 3 is 2.67 bits per heavy atom. The Labute approximate surface area is 312 Å². The molecular formula is C39H43F2N5O7S. The summed E-state index contributed by atoms with van der Waals surface area (Å²) in [6, 6.07) is 5.43. The van der Waals surface area contributed by atoms with E-state index in [0.29, 0.717) is 11.9 Å². The van der Waals surface area contributed by atoms with Crippen LogP contribution in [0.1, 0.15) is 44.6 Å². The Hall–Kier alpha value is -4.36. The van der Waals surface area contributed by atoms with Gasteiger partial charge in [-0.25, -0.2) is 22.2 Å². The summed E-state index contributed by atoms with van der Waals surface area (Å²) in [7, 11) is -1.56. The highest BCUT2D eigenvalue weighted by Gasteiger charge is 2.50. The molecule has 3 atom stereocenters. The van der Waals surface area contributed by atoms with E-state index in [4.69, 9.17) is 25.6 Å². The highest BCUT2D eigenvalue weighted by atomic mass is 32.2.